The third kappa shape index (κ3) is 2.22. The molecule has 0 spiro atoms. The van der Waals surface area contributed by atoms with Crippen LogP contribution in [0.15, 0.2) is 24.3 Å². The van der Waals surface area contributed by atoms with Crippen molar-refractivity contribution in [1.82, 2.24) is 10.2 Å². The Morgan fingerprint density at radius 2 is 2.17 bits per heavy atom. The molecule has 1 fully saturated rings. The predicted molar refractivity (Wildman–Crippen MR) is 68.7 cm³/mol. The lowest BCUT2D eigenvalue weighted by molar-refractivity contribution is -0.135. The van der Waals surface area contributed by atoms with Crippen LogP contribution in [0.3, 0.4) is 0 Å². The smallest absolute Gasteiger partial charge is 0.240 e. The molecule has 0 radical (unpaired) electrons. The minimum atomic E-state index is -0.527. The molecule has 1 saturated heterocycles. The van der Waals surface area contributed by atoms with E-state index in [0.717, 1.165) is 12.1 Å². The lowest BCUT2D eigenvalue weighted by Crippen LogP contribution is -2.61. The van der Waals surface area contributed by atoms with Gasteiger partial charge in [-0.3, -0.25) is 9.69 Å². The zero-order chi connectivity index (χ0) is 13.2. The Morgan fingerprint density at radius 1 is 1.44 bits per heavy atom. The van der Waals surface area contributed by atoms with Crippen LogP contribution in [0.25, 0.3) is 0 Å². The van der Waals surface area contributed by atoms with Crippen molar-refractivity contribution in [3.63, 3.8) is 0 Å². The number of piperazine rings is 1. The highest BCUT2D eigenvalue weighted by molar-refractivity contribution is 5.86. The molecule has 4 heteroatoms. The fourth-order valence-electron chi connectivity index (χ4n) is 2.19. The summed E-state index contributed by atoms with van der Waals surface area (Å²) in [5.74, 6) is 0.0446. The number of hydrogen-bond donors (Lipinski definition) is 1. The first-order valence-electron chi connectivity index (χ1n) is 6.07. The van der Waals surface area contributed by atoms with Crippen molar-refractivity contribution < 1.29 is 4.79 Å². The number of nitrogens with zero attached hydrogens (tertiary/aromatic N) is 2. The molecule has 94 valence electrons. The van der Waals surface area contributed by atoms with E-state index in [1.165, 1.54) is 0 Å². The zero-order valence-corrected chi connectivity index (χ0v) is 10.7. The standard InChI is InChI=1S/C14H17N3O/c1-14(2)13(18)16-7-8-17(14)10-12-6-4-3-5-11(12)9-15/h3-6H,7-8,10H2,1-2H3,(H,16,18). The first-order chi connectivity index (χ1) is 8.55. The maximum atomic E-state index is 11.9. The molecule has 0 saturated carbocycles. The molecule has 1 aromatic rings. The highest BCUT2D eigenvalue weighted by atomic mass is 16.2. The minimum Gasteiger partial charge on any atom is -0.353 e. The molecule has 0 bridgehead atoms. The molecule has 0 atom stereocenters. The zero-order valence-electron chi connectivity index (χ0n) is 10.7. The number of carbonyl (C=O) groups excluding carboxylic acids is 1. The fourth-order valence-corrected chi connectivity index (χ4v) is 2.19. The Hall–Kier alpha value is -1.86. The van der Waals surface area contributed by atoms with E-state index in [0.29, 0.717) is 18.7 Å². The number of benzene rings is 1. The average molecular weight is 243 g/mol. The van der Waals surface area contributed by atoms with Crippen molar-refractivity contribution in [3.05, 3.63) is 35.4 Å². The molecular formula is C14H17N3O. The molecule has 1 aliphatic heterocycles. The lowest BCUT2D eigenvalue weighted by atomic mass is 9.97. The van der Waals surface area contributed by atoms with Gasteiger partial charge in [0.1, 0.15) is 0 Å². The molecule has 2 rings (SSSR count). The van der Waals surface area contributed by atoms with Crippen LogP contribution in [-0.4, -0.2) is 29.4 Å². The summed E-state index contributed by atoms with van der Waals surface area (Å²) in [6.45, 7) is 5.92. The molecule has 1 N–H and O–H groups in total. The first-order valence-corrected chi connectivity index (χ1v) is 6.07. The van der Waals surface area contributed by atoms with Gasteiger partial charge in [-0.25, -0.2) is 0 Å². The van der Waals surface area contributed by atoms with Crippen molar-refractivity contribution >= 4 is 5.91 Å². The van der Waals surface area contributed by atoms with E-state index in [2.05, 4.69) is 16.3 Å². The Labute approximate surface area is 107 Å². The highest BCUT2D eigenvalue weighted by Crippen LogP contribution is 2.21. The van der Waals surface area contributed by atoms with Crippen LogP contribution in [0.4, 0.5) is 0 Å². The summed E-state index contributed by atoms with van der Waals surface area (Å²) in [5, 5.41) is 12.0. The normalized spacial score (nSPS) is 19.1. The third-order valence-corrected chi connectivity index (χ3v) is 3.51. The SMILES string of the molecule is CC1(C)C(=O)NCCN1Cc1ccccc1C#N. The summed E-state index contributed by atoms with van der Waals surface area (Å²) >= 11 is 0. The molecule has 0 unspecified atom stereocenters. The lowest BCUT2D eigenvalue weighted by Gasteiger charge is -2.41. The second-order valence-electron chi connectivity index (χ2n) is 5.01. The van der Waals surface area contributed by atoms with Crippen molar-refractivity contribution in [2.45, 2.75) is 25.9 Å². The van der Waals surface area contributed by atoms with Crippen LogP contribution in [0, 0.1) is 11.3 Å². The summed E-state index contributed by atoms with van der Waals surface area (Å²) in [7, 11) is 0. The van der Waals surface area contributed by atoms with Crippen LogP contribution in [-0.2, 0) is 11.3 Å². The molecule has 18 heavy (non-hydrogen) atoms. The van der Waals surface area contributed by atoms with Gasteiger partial charge in [0.2, 0.25) is 5.91 Å². The van der Waals surface area contributed by atoms with Gasteiger partial charge < -0.3 is 5.32 Å². The molecule has 1 aliphatic rings. The van der Waals surface area contributed by atoms with Gasteiger partial charge in [-0.05, 0) is 25.5 Å². The van der Waals surface area contributed by atoms with Gasteiger partial charge in [-0.1, -0.05) is 18.2 Å². The molecule has 0 aliphatic carbocycles. The Morgan fingerprint density at radius 3 is 2.89 bits per heavy atom. The van der Waals surface area contributed by atoms with Crippen molar-refractivity contribution in [2.75, 3.05) is 13.1 Å². The summed E-state index contributed by atoms with van der Waals surface area (Å²) in [6.07, 6.45) is 0. The number of carbonyl (C=O) groups is 1. The summed E-state index contributed by atoms with van der Waals surface area (Å²) < 4.78 is 0. The molecule has 4 nitrogen and oxygen atoms in total. The van der Waals surface area contributed by atoms with Crippen LogP contribution in [0.1, 0.15) is 25.0 Å². The number of rotatable bonds is 2. The number of amides is 1. The second kappa shape index (κ2) is 4.79. The summed E-state index contributed by atoms with van der Waals surface area (Å²) in [4.78, 5) is 14.0. The second-order valence-corrected chi connectivity index (χ2v) is 5.01. The number of hydrogen-bond acceptors (Lipinski definition) is 3. The van der Waals surface area contributed by atoms with E-state index in [9.17, 15) is 4.79 Å². The van der Waals surface area contributed by atoms with Gasteiger partial charge in [0.25, 0.3) is 0 Å². The number of nitrogens with one attached hydrogen (secondary N) is 1. The molecule has 0 aromatic heterocycles. The van der Waals surface area contributed by atoms with Crippen LogP contribution < -0.4 is 5.32 Å². The van der Waals surface area contributed by atoms with Crippen molar-refractivity contribution in [1.29, 1.82) is 5.26 Å². The van der Waals surface area contributed by atoms with Gasteiger partial charge in [0.05, 0.1) is 17.2 Å². The van der Waals surface area contributed by atoms with E-state index in [4.69, 9.17) is 5.26 Å². The van der Waals surface area contributed by atoms with E-state index >= 15 is 0 Å². The average Bonchev–Trinajstić information content (AvgIpc) is 2.36. The van der Waals surface area contributed by atoms with E-state index in [-0.39, 0.29) is 5.91 Å². The highest BCUT2D eigenvalue weighted by Gasteiger charge is 2.37. The Bertz CT molecular complexity index is 502. The summed E-state index contributed by atoms with van der Waals surface area (Å²) in [5.41, 5.74) is 1.13. The quantitative estimate of drug-likeness (QED) is 0.851. The van der Waals surface area contributed by atoms with E-state index in [1.807, 2.05) is 38.1 Å². The Kier molecular flexibility index (Phi) is 3.35. The topological polar surface area (TPSA) is 56.1 Å². The van der Waals surface area contributed by atoms with E-state index in [1.54, 1.807) is 0 Å². The minimum absolute atomic E-state index is 0.0446. The maximum absolute atomic E-state index is 11.9. The molecule has 1 amide bonds. The monoisotopic (exact) mass is 243 g/mol. The molecular weight excluding hydrogens is 226 g/mol. The van der Waals surface area contributed by atoms with Gasteiger partial charge in [0.15, 0.2) is 0 Å². The van der Waals surface area contributed by atoms with Crippen LogP contribution in [0.5, 0.6) is 0 Å². The van der Waals surface area contributed by atoms with Gasteiger partial charge in [-0.2, -0.15) is 5.26 Å². The fraction of sp³-hybridized carbons (Fsp3) is 0.429. The molecule has 1 heterocycles. The van der Waals surface area contributed by atoms with Crippen LogP contribution >= 0.6 is 0 Å². The maximum Gasteiger partial charge on any atom is 0.240 e. The summed E-state index contributed by atoms with van der Waals surface area (Å²) in [6, 6.07) is 9.73. The van der Waals surface area contributed by atoms with Crippen molar-refractivity contribution in [3.8, 4) is 6.07 Å². The Balaban J connectivity index is 2.23. The largest absolute Gasteiger partial charge is 0.353 e. The van der Waals surface area contributed by atoms with Gasteiger partial charge in [0, 0.05) is 19.6 Å². The van der Waals surface area contributed by atoms with Gasteiger partial charge >= 0.3 is 0 Å². The molecule has 1 aromatic carbocycles. The van der Waals surface area contributed by atoms with Crippen molar-refractivity contribution in [2.24, 2.45) is 0 Å². The van der Waals surface area contributed by atoms with Gasteiger partial charge in [-0.15, -0.1) is 0 Å². The van der Waals surface area contributed by atoms with Crippen LogP contribution in [0.2, 0.25) is 0 Å². The predicted octanol–water partition coefficient (Wildman–Crippen LogP) is 1.27. The van der Waals surface area contributed by atoms with E-state index < -0.39 is 5.54 Å². The third-order valence-electron chi connectivity index (χ3n) is 3.51. The number of nitriles is 1. The first kappa shape index (κ1) is 12.6.